The van der Waals surface area contributed by atoms with Crippen LogP contribution in [0.25, 0.3) is 0 Å². The second-order valence-electron chi connectivity index (χ2n) is 3.95. The highest BCUT2D eigenvalue weighted by Crippen LogP contribution is 2.11. The number of carbonyl (C=O) groups excluding carboxylic acids is 1. The number of benzene rings is 1. The van der Waals surface area contributed by atoms with Crippen molar-refractivity contribution in [2.24, 2.45) is 0 Å². The molecule has 4 nitrogen and oxygen atoms in total. The summed E-state index contributed by atoms with van der Waals surface area (Å²) in [7, 11) is -3.27. The van der Waals surface area contributed by atoms with Crippen molar-refractivity contribution in [1.82, 2.24) is 5.32 Å². The molecule has 6 heteroatoms. The molecule has 0 aliphatic carbocycles. The highest BCUT2D eigenvalue weighted by molar-refractivity contribution is 14.1. The fourth-order valence-corrected chi connectivity index (χ4v) is 2.60. The molecule has 100 valence electrons. The van der Waals surface area contributed by atoms with Gasteiger partial charge in [-0.3, -0.25) is 4.79 Å². The molecule has 0 saturated heterocycles. The summed E-state index contributed by atoms with van der Waals surface area (Å²) in [4.78, 5) is 11.9. The molecule has 0 saturated carbocycles. The fraction of sp³-hybridized carbons (Fsp3) is 0.417. The predicted octanol–water partition coefficient (Wildman–Crippen LogP) is 2.04. The minimum Gasteiger partial charge on any atom is -0.352 e. The molecule has 1 aromatic carbocycles. The van der Waals surface area contributed by atoms with E-state index in [-0.39, 0.29) is 10.8 Å². The molecule has 1 rings (SSSR count). The highest BCUT2D eigenvalue weighted by atomic mass is 127. The summed E-state index contributed by atoms with van der Waals surface area (Å²) in [6.45, 7) is 0.616. The van der Waals surface area contributed by atoms with Crippen LogP contribution in [0.3, 0.4) is 0 Å². The Hall–Kier alpha value is -0.630. The maximum Gasteiger partial charge on any atom is 0.251 e. The van der Waals surface area contributed by atoms with Crippen molar-refractivity contribution < 1.29 is 13.2 Å². The van der Waals surface area contributed by atoms with E-state index in [1.807, 2.05) is 0 Å². The van der Waals surface area contributed by atoms with Crippen LogP contribution in [0.4, 0.5) is 0 Å². The maximum absolute atomic E-state index is 11.8. The topological polar surface area (TPSA) is 63.2 Å². The van der Waals surface area contributed by atoms with E-state index in [1.165, 1.54) is 12.1 Å². The number of unbranched alkanes of at least 4 members (excludes halogenated alkanes) is 1. The number of carbonyl (C=O) groups is 1. The molecular weight excluding hydrogens is 365 g/mol. The van der Waals surface area contributed by atoms with Gasteiger partial charge in [0.15, 0.2) is 9.84 Å². The predicted molar refractivity (Wildman–Crippen MR) is 80.0 cm³/mol. The van der Waals surface area contributed by atoms with Crippen molar-refractivity contribution in [2.75, 3.05) is 17.2 Å². The lowest BCUT2D eigenvalue weighted by atomic mass is 10.2. The Labute approximate surface area is 121 Å². The van der Waals surface area contributed by atoms with Gasteiger partial charge in [0, 0.05) is 18.4 Å². The van der Waals surface area contributed by atoms with Crippen molar-refractivity contribution >= 4 is 38.3 Å². The Morgan fingerprint density at radius 1 is 1.33 bits per heavy atom. The van der Waals surface area contributed by atoms with Crippen molar-refractivity contribution in [3.63, 3.8) is 0 Å². The zero-order valence-corrected chi connectivity index (χ0v) is 13.1. The number of alkyl halides is 1. The average Bonchev–Trinajstić information content (AvgIpc) is 2.33. The molecule has 0 fully saturated rings. The van der Waals surface area contributed by atoms with Gasteiger partial charge in [0.05, 0.1) is 4.90 Å². The van der Waals surface area contributed by atoms with Crippen molar-refractivity contribution in [3.05, 3.63) is 29.8 Å². The van der Waals surface area contributed by atoms with Crippen LogP contribution >= 0.6 is 22.6 Å². The van der Waals surface area contributed by atoms with Crippen molar-refractivity contribution in [1.29, 1.82) is 0 Å². The molecular formula is C12H16INO3S. The third-order valence-corrected chi connectivity index (χ3v) is 4.24. The molecule has 1 aromatic rings. The summed E-state index contributed by atoms with van der Waals surface area (Å²) in [5.41, 5.74) is 0.382. The zero-order valence-electron chi connectivity index (χ0n) is 10.1. The molecule has 0 radical (unpaired) electrons. The number of halogens is 1. The van der Waals surface area contributed by atoms with Gasteiger partial charge in [0.1, 0.15) is 0 Å². The molecule has 0 bridgehead atoms. The summed E-state index contributed by atoms with van der Waals surface area (Å²) in [5.74, 6) is -0.228. The number of rotatable bonds is 6. The van der Waals surface area contributed by atoms with Crippen LogP contribution in [0, 0.1) is 0 Å². The van der Waals surface area contributed by atoms with E-state index in [1.54, 1.807) is 12.1 Å². The summed E-state index contributed by atoms with van der Waals surface area (Å²) in [6, 6.07) is 6.09. The first-order valence-electron chi connectivity index (χ1n) is 5.59. The summed E-state index contributed by atoms with van der Waals surface area (Å²) < 4.78 is 23.8. The standard InChI is InChI=1S/C12H16INO3S/c1-18(16,17)11-6-4-5-10(9-11)12(15)14-8-3-2-7-13/h4-6,9H,2-3,7-8H2,1H3,(H,14,15). The summed E-state index contributed by atoms with van der Waals surface area (Å²) >= 11 is 2.29. The quantitative estimate of drug-likeness (QED) is 0.466. The van der Waals surface area contributed by atoms with E-state index in [2.05, 4.69) is 27.9 Å². The van der Waals surface area contributed by atoms with E-state index in [0.29, 0.717) is 12.1 Å². The number of nitrogens with one attached hydrogen (secondary N) is 1. The van der Waals surface area contributed by atoms with Crippen molar-refractivity contribution in [2.45, 2.75) is 17.7 Å². The Balaban J connectivity index is 2.69. The number of hydrogen-bond acceptors (Lipinski definition) is 3. The molecule has 1 N–H and O–H groups in total. The number of amides is 1. The van der Waals surface area contributed by atoms with Crippen LogP contribution in [-0.4, -0.2) is 31.6 Å². The highest BCUT2D eigenvalue weighted by Gasteiger charge is 2.10. The van der Waals surface area contributed by atoms with E-state index in [0.717, 1.165) is 23.5 Å². The third-order valence-electron chi connectivity index (χ3n) is 2.37. The van der Waals surface area contributed by atoms with E-state index in [9.17, 15) is 13.2 Å². The first kappa shape index (κ1) is 15.4. The Morgan fingerprint density at radius 3 is 2.67 bits per heavy atom. The Morgan fingerprint density at radius 2 is 2.06 bits per heavy atom. The van der Waals surface area contributed by atoms with Crippen LogP contribution < -0.4 is 5.32 Å². The van der Waals surface area contributed by atoms with Crippen LogP contribution in [0.5, 0.6) is 0 Å². The van der Waals surface area contributed by atoms with E-state index >= 15 is 0 Å². The molecule has 0 atom stereocenters. The van der Waals surface area contributed by atoms with Gasteiger partial charge in [-0.2, -0.15) is 0 Å². The molecule has 0 aromatic heterocycles. The summed E-state index contributed by atoms with van der Waals surface area (Å²) in [5, 5.41) is 2.78. The lowest BCUT2D eigenvalue weighted by Gasteiger charge is -2.05. The second-order valence-corrected chi connectivity index (χ2v) is 7.05. The minimum atomic E-state index is -3.27. The molecule has 0 aliphatic rings. The normalized spacial score (nSPS) is 11.2. The van der Waals surface area contributed by atoms with Gasteiger partial charge >= 0.3 is 0 Å². The Kier molecular flexibility index (Phi) is 6.07. The lowest BCUT2D eigenvalue weighted by molar-refractivity contribution is 0.0953. The third kappa shape index (κ3) is 4.93. The largest absolute Gasteiger partial charge is 0.352 e. The molecule has 0 spiro atoms. The maximum atomic E-state index is 11.8. The van der Waals surface area contributed by atoms with Crippen LogP contribution in [0.2, 0.25) is 0 Å². The van der Waals surface area contributed by atoms with E-state index in [4.69, 9.17) is 0 Å². The lowest BCUT2D eigenvalue weighted by Crippen LogP contribution is -2.24. The molecule has 0 unspecified atom stereocenters. The van der Waals surface area contributed by atoms with Crippen LogP contribution in [0.15, 0.2) is 29.2 Å². The van der Waals surface area contributed by atoms with Gasteiger partial charge in [-0.05, 0) is 35.5 Å². The van der Waals surface area contributed by atoms with Gasteiger partial charge in [-0.25, -0.2) is 8.42 Å². The van der Waals surface area contributed by atoms with Crippen molar-refractivity contribution in [3.8, 4) is 0 Å². The Bertz CT molecular complexity index is 514. The molecule has 0 aliphatic heterocycles. The molecule has 18 heavy (non-hydrogen) atoms. The number of sulfone groups is 1. The first-order chi connectivity index (χ1) is 8.45. The first-order valence-corrected chi connectivity index (χ1v) is 9.01. The van der Waals surface area contributed by atoms with Gasteiger partial charge in [0.25, 0.3) is 5.91 Å². The number of hydrogen-bond donors (Lipinski definition) is 1. The fourth-order valence-electron chi connectivity index (χ4n) is 1.39. The monoisotopic (exact) mass is 381 g/mol. The van der Waals surface area contributed by atoms with Crippen LogP contribution in [0.1, 0.15) is 23.2 Å². The van der Waals surface area contributed by atoms with Gasteiger partial charge in [-0.15, -0.1) is 0 Å². The van der Waals surface area contributed by atoms with Gasteiger partial charge in [-0.1, -0.05) is 28.7 Å². The SMILES string of the molecule is CS(=O)(=O)c1cccc(C(=O)NCCCCI)c1. The van der Waals surface area contributed by atoms with Gasteiger partial charge in [0.2, 0.25) is 0 Å². The minimum absolute atomic E-state index is 0.169. The van der Waals surface area contributed by atoms with E-state index < -0.39 is 9.84 Å². The van der Waals surface area contributed by atoms with Crippen LogP contribution in [-0.2, 0) is 9.84 Å². The second kappa shape index (κ2) is 7.08. The molecule has 1 amide bonds. The molecule has 0 heterocycles. The summed E-state index contributed by atoms with van der Waals surface area (Å²) in [6.07, 6.45) is 3.12. The zero-order chi connectivity index (χ0) is 13.6. The average molecular weight is 381 g/mol. The van der Waals surface area contributed by atoms with Gasteiger partial charge < -0.3 is 5.32 Å². The smallest absolute Gasteiger partial charge is 0.251 e.